The summed E-state index contributed by atoms with van der Waals surface area (Å²) in [4.78, 5) is 25.1. The molecule has 0 fully saturated rings. The van der Waals surface area contributed by atoms with Crippen LogP contribution >= 0.6 is 0 Å². The van der Waals surface area contributed by atoms with Crippen molar-refractivity contribution >= 4 is 17.9 Å². The standard InChI is InChI=1S/C16H21NO2/c1-6-13-8-10-14(11-9-13)16(4,5)17(12(3)18)15(19)7-2/h6,8-11H,1,7H2,2-5H3. The predicted octanol–water partition coefficient (Wildman–Crippen LogP) is 3.35. The van der Waals surface area contributed by atoms with E-state index in [0.29, 0.717) is 6.42 Å². The Morgan fingerprint density at radius 2 is 1.79 bits per heavy atom. The summed E-state index contributed by atoms with van der Waals surface area (Å²) >= 11 is 0. The third kappa shape index (κ3) is 3.11. The van der Waals surface area contributed by atoms with Gasteiger partial charge in [0.1, 0.15) is 0 Å². The van der Waals surface area contributed by atoms with Crippen LogP contribution < -0.4 is 0 Å². The van der Waals surface area contributed by atoms with Crippen molar-refractivity contribution in [3.05, 3.63) is 42.0 Å². The molecule has 3 nitrogen and oxygen atoms in total. The van der Waals surface area contributed by atoms with Crippen LogP contribution in [0, 0.1) is 0 Å². The zero-order valence-corrected chi connectivity index (χ0v) is 12.1. The lowest BCUT2D eigenvalue weighted by atomic mass is 9.91. The van der Waals surface area contributed by atoms with E-state index in [1.165, 1.54) is 11.8 Å². The SMILES string of the molecule is C=Cc1ccc(C(C)(C)N(C(C)=O)C(=O)CC)cc1. The summed E-state index contributed by atoms with van der Waals surface area (Å²) in [6, 6.07) is 7.71. The van der Waals surface area contributed by atoms with Crippen LogP contribution in [0.1, 0.15) is 45.2 Å². The zero-order valence-electron chi connectivity index (χ0n) is 12.1. The molecule has 0 aliphatic carbocycles. The molecule has 0 aromatic heterocycles. The van der Waals surface area contributed by atoms with E-state index in [1.54, 1.807) is 13.0 Å². The van der Waals surface area contributed by atoms with Gasteiger partial charge in [-0.05, 0) is 25.0 Å². The topological polar surface area (TPSA) is 37.4 Å². The number of rotatable bonds is 4. The highest BCUT2D eigenvalue weighted by Gasteiger charge is 2.34. The summed E-state index contributed by atoms with van der Waals surface area (Å²) in [6.07, 6.45) is 2.07. The van der Waals surface area contributed by atoms with E-state index in [9.17, 15) is 9.59 Å². The van der Waals surface area contributed by atoms with Gasteiger partial charge in [-0.1, -0.05) is 43.8 Å². The maximum Gasteiger partial charge on any atom is 0.229 e. The summed E-state index contributed by atoms with van der Waals surface area (Å²) in [5.41, 5.74) is 1.28. The Balaban J connectivity index is 3.21. The first-order chi connectivity index (χ1) is 8.84. The van der Waals surface area contributed by atoms with Crippen molar-refractivity contribution in [1.82, 2.24) is 4.90 Å². The van der Waals surface area contributed by atoms with Gasteiger partial charge in [-0.25, -0.2) is 0 Å². The number of benzene rings is 1. The quantitative estimate of drug-likeness (QED) is 0.831. The normalized spacial score (nSPS) is 10.9. The molecule has 0 N–H and O–H groups in total. The van der Waals surface area contributed by atoms with Crippen LogP contribution in [-0.2, 0) is 15.1 Å². The van der Waals surface area contributed by atoms with Gasteiger partial charge in [0.15, 0.2) is 0 Å². The highest BCUT2D eigenvalue weighted by Crippen LogP contribution is 2.29. The first-order valence-corrected chi connectivity index (χ1v) is 6.41. The lowest BCUT2D eigenvalue weighted by Crippen LogP contribution is -2.48. The van der Waals surface area contributed by atoms with E-state index in [0.717, 1.165) is 11.1 Å². The average Bonchev–Trinajstić information content (AvgIpc) is 2.37. The molecule has 0 saturated carbocycles. The minimum Gasteiger partial charge on any atom is -0.275 e. The number of carbonyl (C=O) groups excluding carboxylic acids is 2. The van der Waals surface area contributed by atoms with Gasteiger partial charge in [-0.3, -0.25) is 14.5 Å². The van der Waals surface area contributed by atoms with Crippen molar-refractivity contribution in [3.63, 3.8) is 0 Å². The molecule has 0 unspecified atom stereocenters. The molecular weight excluding hydrogens is 238 g/mol. The molecule has 0 aliphatic heterocycles. The van der Waals surface area contributed by atoms with E-state index < -0.39 is 5.54 Å². The third-order valence-electron chi connectivity index (χ3n) is 3.28. The highest BCUT2D eigenvalue weighted by atomic mass is 16.2. The fraction of sp³-hybridized carbons (Fsp3) is 0.375. The van der Waals surface area contributed by atoms with Crippen LogP contribution in [-0.4, -0.2) is 16.7 Å². The molecule has 0 saturated heterocycles. The molecule has 19 heavy (non-hydrogen) atoms. The highest BCUT2D eigenvalue weighted by molar-refractivity contribution is 5.95. The van der Waals surface area contributed by atoms with Gasteiger partial charge in [-0.2, -0.15) is 0 Å². The van der Waals surface area contributed by atoms with Gasteiger partial charge in [0.2, 0.25) is 11.8 Å². The van der Waals surface area contributed by atoms with Crippen LogP contribution in [0.3, 0.4) is 0 Å². The largest absolute Gasteiger partial charge is 0.275 e. The number of nitrogens with zero attached hydrogens (tertiary/aromatic N) is 1. The van der Waals surface area contributed by atoms with Gasteiger partial charge in [0.05, 0.1) is 5.54 Å². The molecule has 0 radical (unpaired) electrons. The van der Waals surface area contributed by atoms with E-state index in [2.05, 4.69) is 6.58 Å². The maximum absolute atomic E-state index is 12.0. The zero-order chi connectivity index (χ0) is 14.6. The summed E-state index contributed by atoms with van der Waals surface area (Å²) < 4.78 is 0. The maximum atomic E-state index is 12.0. The Hall–Kier alpha value is -1.90. The molecule has 1 aromatic carbocycles. The second-order valence-electron chi connectivity index (χ2n) is 4.99. The van der Waals surface area contributed by atoms with Crippen molar-refractivity contribution in [2.75, 3.05) is 0 Å². The second kappa shape index (κ2) is 5.83. The molecule has 0 heterocycles. The minimum atomic E-state index is -0.654. The number of amides is 2. The molecule has 0 bridgehead atoms. The van der Waals surface area contributed by atoms with Gasteiger partial charge >= 0.3 is 0 Å². The third-order valence-corrected chi connectivity index (χ3v) is 3.28. The Morgan fingerprint density at radius 1 is 1.26 bits per heavy atom. The Morgan fingerprint density at radius 3 is 2.16 bits per heavy atom. The van der Waals surface area contributed by atoms with Crippen molar-refractivity contribution in [2.45, 2.75) is 39.7 Å². The van der Waals surface area contributed by atoms with Crippen molar-refractivity contribution in [1.29, 1.82) is 0 Å². The van der Waals surface area contributed by atoms with E-state index in [1.807, 2.05) is 38.1 Å². The van der Waals surface area contributed by atoms with Crippen LogP contribution in [0.4, 0.5) is 0 Å². The fourth-order valence-corrected chi connectivity index (χ4v) is 2.20. The number of hydrogen-bond donors (Lipinski definition) is 0. The molecule has 3 heteroatoms. The molecule has 1 rings (SSSR count). The van der Waals surface area contributed by atoms with Crippen molar-refractivity contribution in [3.8, 4) is 0 Å². The first kappa shape index (κ1) is 15.2. The smallest absolute Gasteiger partial charge is 0.229 e. The fourth-order valence-electron chi connectivity index (χ4n) is 2.20. The molecule has 1 aromatic rings. The molecule has 2 amide bonds. The minimum absolute atomic E-state index is 0.162. The molecule has 0 spiro atoms. The summed E-state index contributed by atoms with van der Waals surface area (Å²) in [5.74, 6) is -0.394. The summed E-state index contributed by atoms with van der Waals surface area (Å²) in [6.45, 7) is 10.7. The number of imide groups is 1. The van der Waals surface area contributed by atoms with Gasteiger partial charge in [0, 0.05) is 13.3 Å². The molecular formula is C16H21NO2. The summed E-state index contributed by atoms with van der Waals surface area (Å²) in [7, 11) is 0. The number of hydrogen-bond acceptors (Lipinski definition) is 2. The van der Waals surface area contributed by atoms with Crippen LogP contribution in [0.15, 0.2) is 30.8 Å². The van der Waals surface area contributed by atoms with Crippen molar-refractivity contribution in [2.24, 2.45) is 0 Å². The number of carbonyl (C=O) groups is 2. The average molecular weight is 259 g/mol. The lowest BCUT2D eigenvalue weighted by Gasteiger charge is -2.36. The van der Waals surface area contributed by atoms with Crippen molar-refractivity contribution < 1.29 is 9.59 Å². The predicted molar refractivity (Wildman–Crippen MR) is 77.4 cm³/mol. The van der Waals surface area contributed by atoms with Crippen LogP contribution in [0.2, 0.25) is 0 Å². The van der Waals surface area contributed by atoms with E-state index in [-0.39, 0.29) is 11.8 Å². The Kier molecular flexibility index (Phi) is 4.65. The van der Waals surface area contributed by atoms with E-state index in [4.69, 9.17) is 0 Å². The Labute approximate surface area is 114 Å². The first-order valence-electron chi connectivity index (χ1n) is 6.41. The van der Waals surface area contributed by atoms with Gasteiger partial charge < -0.3 is 0 Å². The monoisotopic (exact) mass is 259 g/mol. The van der Waals surface area contributed by atoms with E-state index >= 15 is 0 Å². The summed E-state index contributed by atoms with van der Waals surface area (Å²) in [5, 5.41) is 0. The van der Waals surface area contributed by atoms with Gasteiger partial charge in [-0.15, -0.1) is 0 Å². The molecule has 0 atom stereocenters. The second-order valence-corrected chi connectivity index (χ2v) is 4.99. The molecule has 0 aliphatic rings. The molecule has 102 valence electrons. The van der Waals surface area contributed by atoms with Crippen LogP contribution in [0.25, 0.3) is 6.08 Å². The van der Waals surface area contributed by atoms with Gasteiger partial charge in [0.25, 0.3) is 0 Å². The van der Waals surface area contributed by atoms with Crippen LogP contribution in [0.5, 0.6) is 0 Å². The Bertz CT molecular complexity index is 486. The lowest BCUT2D eigenvalue weighted by molar-refractivity contribution is -0.150.